The molecule has 0 spiro atoms. The van der Waals surface area contributed by atoms with Gasteiger partial charge in [0, 0.05) is 31.9 Å². The summed E-state index contributed by atoms with van der Waals surface area (Å²) in [5.74, 6) is -0.879. The van der Waals surface area contributed by atoms with E-state index in [1.165, 1.54) is 12.1 Å². The van der Waals surface area contributed by atoms with Crippen LogP contribution in [-0.4, -0.2) is 46.6 Å². The lowest BCUT2D eigenvalue weighted by Crippen LogP contribution is -2.19. The molecule has 1 aliphatic carbocycles. The second kappa shape index (κ2) is 8.72. The number of nitrogens with zero attached hydrogens (tertiary/aromatic N) is 4. The average molecular weight is 461 g/mol. The molecule has 33 heavy (non-hydrogen) atoms. The second-order valence-corrected chi connectivity index (χ2v) is 7.83. The van der Waals surface area contributed by atoms with E-state index in [9.17, 15) is 22.8 Å². The molecule has 8 nitrogen and oxygen atoms in total. The minimum Gasteiger partial charge on any atom is -0.434 e. The fourth-order valence-corrected chi connectivity index (χ4v) is 3.66. The minimum absolute atomic E-state index is 0.0116. The van der Waals surface area contributed by atoms with E-state index in [4.69, 9.17) is 0 Å². The highest BCUT2D eigenvalue weighted by Crippen LogP contribution is 2.37. The smallest absolute Gasteiger partial charge is 0.387 e. The van der Waals surface area contributed by atoms with E-state index >= 15 is 0 Å². The maximum Gasteiger partial charge on any atom is 0.387 e. The second-order valence-electron chi connectivity index (χ2n) is 7.83. The first-order chi connectivity index (χ1) is 15.7. The Morgan fingerprint density at radius 3 is 2.73 bits per heavy atom. The molecule has 1 amide bonds. The van der Waals surface area contributed by atoms with Crippen LogP contribution in [0, 0.1) is 5.92 Å². The Hall–Kier alpha value is -3.63. The van der Waals surface area contributed by atoms with Gasteiger partial charge < -0.3 is 19.5 Å². The van der Waals surface area contributed by atoms with Crippen LogP contribution in [0.1, 0.15) is 29.3 Å². The van der Waals surface area contributed by atoms with Crippen molar-refractivity contribution < 1.29 is 27.5 Å². The highest BCUT2D eigenvalue weighted by atomic mass is 19.3. The lowest BCUT2D eigenvalue weighted by Gasteiger charge is -2.24. The summed E-state index contributed by atoms with van der Waals surface area (Å²) in [6.07, 6.45) is 1.54. The van der Waals surface area contributed by atoms with Crippen molar-refractivity contribution in [2.75, 3.05) is 17.3 Å². The molecule has 174 valence electrons. The molecule has 0 saturated heterocycles. The molecule has 2 atom stereocenters. The lowest BCUT2D eigenvalue weighted by molar-refractivity contribution is -0.117. The van der Waals surface area contributed by atoms with Crippen LogP contribution >= 0.6 is 0 Å². The highest BCUT2D eigenvalue weighted by Gasteiger charge is 2.44. The van der Waals surface area contributed by atoms with Gasteiger partial charge in [-0.05, 0) is 24.5 Å². The first-order valence-corrected chi connectivity index (χ1v) is 10.3. The van der Waals surface area contributed by atoms with Crippen molar-refractivity contribution in [2.24, 2.45) is 13.0 Å². The van der Waals surface area contributed by atoms with Crippen molar-refractivity contribution in [2.45, 2.75) is 32.5 Å². The number of nitrogens with one attached hydrogen (secondary N) is 1. The number of amides is 1. The zero-order chi connectivity index (χ0) is 23.9. The number of hydrogen-bond acceptors (Lipinski definition) is 6. The van der Waals surface area contributed by atoms with Gasteiger partial charge >= 0.3 is 6.61 Å². The fraction of sp³-hybridized carbons (Fsp3) is 0.364. The topological polar surface area (TPSA) is 89.4 Å². The zero-order valence-corrected chi connectivity index (χ0v) is 18.2. The number of aromatic nitrogens is 3. The van der Waals surface area contributed by atoms with Crippen molar-refractivity contribution in [1.82, 2.24) is 14.5 Å². The number of aldehydes is 1. The van der Waals surface area contributed by atoms with Crippen LogP contribution in [-0.2, 0) is 18.3 Å². The largest absolute Gasteiger partial charge is 0.434 e. The van der Waals surface area contributed by atoms with Gasteiger partial charge in [0.05, 0.1) is 23.3 Å². The summed E-state index contributed by atoms with van der Waals surface area (Å²) < 4.78 is 45.4. The number of imidazole rings is 1. The van der Waals surface area contributed by atoms with E-state index in [1.54, 1.807) is 36.0 Å². The van der Waals surface area contributed by atoms with Gasteiger partial charge in [0.15, 0.2) is 12.1 Å². The van der Waals surface area contributed by atoms with E-state index in [1.807, 2.05) is 6.92 Å². The molecule has 1 saturated carbocycles. The third-order valence-corrected chi connectivity index (χ3v) is 5.63. The molecule has 1 aliphatic rings. The van der Waals surface area contributed by atoms with Crippen molar-refractivity contribution in [3.63, 3.8) is 0 Å². The SMILES string of the molecule is CCc1cc(C=O)c(OC(F)F)cc1N(C)c1cc2c(ncn2C)c(NC(=O)C2CC2F)n1. The summed E-state index contributed by atoms with van der Waals surface area (Å²) >= 11 is 0. The van der Waals surface area contributed by atoms with Crippen LogP contribution in [0.25, 0.3) is 11.0 Å². The summed E-state index contributed by atoms with van der Waals surface area (Å²) in [4.78, 5) is 34.2. The number of fused-ring (bicyclic) bond motifs is 1. The maximum absolute atomic E-state index is 13.3. The molecule has 1 N–H and O–H groups in total. The van der Waals surface area contributed by atoms with Gasteiger partial charge in [0.2, 0.25) is 5.91 Å². The Labute approximate surface area is 187 Å². The minimum atomic E-state index is -3.10. The molecule has 2 unspecified atom stereocenters. The molecule has 1 fully saturated rings. The van der Waals surface area contributed by atoms with Crippen LogP contribution < -0.4 is 15.0 Å². The van der Waals surface area contributed by atoms with Crippen LogP contribution in [0.4, 0.5) is 30.5 Å². The first-order valence-electron chi connectivity index (χ1n) is 10.3. The summed E-state index contributed by atoms with van der Waals surface area (Å²) in [6.45, 7) is -1.23. The fourth-order valence-electron chi connectivity index (χ4n) is 3.66. The number of carbonyl (C=O) groups is 2. The van der Waals surface area contributed by atoms with Crippen molar-refractivity contribution in [3.8, 4) is 5.75 Å². The Morgan fingerprint density at radius 1 is 1.39 bits per heavy atom. The Bertz CT molecular complexity index is 1230. The highest BCUT2D eigenvalue weighted by molar-refractivity contribution is 6.01. The molecular formula is C22H22F3N5O3. The molecule has 2 heterocycles. The van der Waals surface area contributed by atoms with Gasteiger partial charge in [-0.2, -0.15) is 8.78 Å². The monoisotopic (exact) mass is 461 g/mol. The Kier molecular flexibility index (Phi) is 5.96. The number of anilines is 3. The normalized spacial score (nSPS) is 17.3. The number of aryl methyl sites for hydroxylation is 2. The lowest BCUT2D eigenvalue weighted by atomic mass is 10.0. The van der Waals surface area contributed by atoms with Crippen molar-refractivity contribution in [1.29, 1.82) is 0 Å². The van der Waals surface area contributed by atoms with Crippen LogP contribution in [0.3, 0.4) is 0 Å². The molecule has 1 aromatic carbocycles. The van der Waals surface area contributed by atoms with Gasteiger partial charge in [0.1, 0.15) is 23.3 Å². The molecule has 11 heteroatoms. The molecule has 0 radical (unpaired) electrons. The maximum atomic E-state index is 13.3. The number of pyridine rings is 1. The standard InChI is InChI=1S/C22H22F3N5O3/c1-4-11-5-12(9-31)17(33-22(24)25)7-15(11)30(3)18-8-16-19(26-10-29(16)2)20(27-18)28-21(32)13-6-14(13)23/h5,7-10,13-14,22H,4,6H2,1-3H3,(H,27,28,32). The van der Waals surface area contributed by atoms with E-state index < -0.39 is 24.6 Å². The number of alkyl halides is 3. The predicted octanol–water partition coefficient (Wildman–Crippen LogP) is 4.01. The summed E-state index contributed by atoms with van der Waals surface area (Å²) in [6, 6.07) is 4.59. The number of benzene rings is 1. The molecule has 2 aromatic heterocycles. The predicted molar refractivity (Wildman–Crippen MR) is 116 cm³/mol. The van der Waals surface area contributed by atoms with Gasteiger partial charge in [-0.3, -0.25) is 9.59 Å². The zero-order valence-electron chi connectivity index (χ0n) is 18.2. The molecule has 3 aromatic rings. The van der Waals surface area contributed by atoms with E-state index in [2.05, 4.69) is 20.0 Å². The summed E-state index contributed by atoms with van der Waals surface area (Å²) in [7, 11) is 3.45. The van der Waals surface area contributed by atoms with Crippen LogP contribution in [0.15, 0.2) is 24.5 Å². The Morgan fingerprint density at radius 2 is 2.12 bits per heavy atom. The van der Waals surface area contributed by atoms with Crippen molar-refractivity contribution >= 4 is 40.5 Å². The Balaban J connectivity index is 1.79. The quantitative estimate of drug-likeness (QED) is 0.510. The average Bonchev–Trinajstić information content (AvgIpc) is 3.41. The first kappa shape index (κ1) is 22.6. The van der Waals surface area contributed by atoms with E-state index in [0.29, 0.717) is 40.8 Å². The number of rotatable bonds is 8. The van der Waals surface area contributed by atoms with Crippen LogP contribution in [0.5, 0.6) is 5.75 Å². The van der Waals surface area contributed by atoms with Gasteiger partial charge in [-0.15, -0.1) is 0 Å². The van der Waals surface area contributed by atoms with Gasteiger partial charge in [-0.25, -0.2) is 14.4 Å². The third-order valence-electron chi connectivity index (χ3n) is 5.63. The number of carbonyl (C=O) groups excluding carboxylic acids is 2. The summed E-state index contributed by atoms with van der Waals surface area (Å²) in [5.41, 5.74) is 2.31. The van der Waals surface area contributed by atoms with Crippen molar-refractivity contribution in [3.05, 3.63) is 35.7 Å². The molecular weight excluding hydrogens is 439 g/mol. The van der Waals surface area contributed by atoms with E-state index in [0.717, 1.165) is 0 Å². The van der Waals surface area contributed by atoms with Crippen LogP contribution in [0.2, 0.25) is 0 Å². The number of hydrogen-bond donors (Lipinski definition) is 1. The number of ether oxygens (including phenoxy) is 1. The molecule has 0 bridgehead atoms. The third kappa shape index (κ3) is 4.35. The summed E-state index contributed by atoms with van der Waals surface area (Å²) in [5, 5.41) is 2.66. The molecule has 4 rings (SSSR count). The number of halogens is 3. The van der Waals surface area contributed by atoms with Gasteiger partial charge in [0.25, 0.3) is 0 Å². The van der Waals surface area contributed by atoms with Gasteiger partial charge in [-0.1, -0.05) is 6.92 Å². The van der Waals surface area contributed by atoms with E-state index in [-0.39, 0.29) is 23.6 Å². The molecule has 0 aliphatic heterocycles.